The number of hydrogen-bond acceptors (Lipinski definition) is 5. The van der Waals surface area contributed by atoms with Crippen LogP contribution in [-0.4, -0.2) is 37.0 Å². The molecule has 0 saturated heterocycles. The van der Waals surface area contributed by atoms with E-state index >= 15 is 0 Å². The zero-order valence-electron chi connectivity index (χ0n) is 24.9. The molecule has 3 rings (SSSR count). The molecule has 3 aromatic rings. The van der Waals surface area contributed by atoms with Crippen molar-refractivity contribution < 1.29 is 29.0 Å². The number of methoxy groups -OCH3 is 2. The fourth-order valence-electron chi connectivity index (χ4n) is 4.82. The number of ether oxygens (including phenoxy) is 2. The average Bonchev–Trinajstić information content (AvgIpc) is 2.96. The molecule has 7 heteroatoms. The predicted molar refractivity (Wildman–Crippen MR) is 167 cm³/mol. The number of aryl methyl sites for hydroxylation is 1. The SMILES string of the molecule is COc1ccc([C@@H]([CH]C(=O)C(CC(=O)Nc2ccc(/C=C/c3ccccc3C)cc2)CC(C)C)CC(=O)O)cc1OC. The first-order chi connectivity index (χ1) is 20.1. The fraction of sp³-hybridized carbons (Fsp3) is 0.314. The van der Waals surface area contributed by atoms with Crippen molar-refractivity contribution >= 4 is 35.5 Å². The van der Waals surface area contributed by atoms with Crippen LogP contribution in [0.15, 0.2) is 66.7 Å². The summed E-state index contributed by atoms with van der Waals surface area (Å²) in [5.41, 5.74) is 4.59. The molecule has 0 heterocycles. The van der Waals surface area contributed by atoms with Crippen molar-refractivity contribution in [3.8, 4) is 11.5 Å². The Morgan fingerprint density at radius 1 is 0.881 bits per heavy atom. The first kappa shape index (κ1) is 32.1. The van der Waals surface area contributed by atoms with Crippen molar-refractivity contribution in [2.45, 2.75) is 46.0 Å². The lowest BCUT2D eigenvalue weighted by atomic mass is 9.82. The van der Waals surface area contributed by atoms with Gasteiger partial charge in [-0.1, -0.05) is 68.5 Å². The summed E-state index contributed by atoms with van der Waals surface area (Å²) in [5.74, 6) is -1.71. The Bertz CT molecular complexity index is 1390. The Balaban J connectivity index is 1.69. The number of rotatable bonds is 15. The fourth-order valence-corrected chi connectivity index (χ4v) is 4.82. The van der Waals surface area contributed by atoms with Crippen molar-refractivity contribution in [1.82, 2.24) is 0 Å². The van der Waals surface area contributed by atoms with Gasteiger partial charge >= 0.3 is 5.97 Å². The van der Waals surface area contributed by atoms with Gasteiger partial charge in [-0.2, -0.15) is 0 Å². The van der Waals surface area contributed by atoms with E-state index in [4.69, 9.17) is 9.47 Å². The van der Waals surface area contributed by atoms with Crippen LogP contribution in [0.1, 0.15) is 61.3 Å². The maximum Gasteiger partial charge on any atom is 0.303 e. The predicted octanol–water partition coefficient (Wildman–Crippen LogP) is 7.21. The quantitative estimate of drug-likeness (QED) is 0.187. The van der Waals surface area contributed by atoms with Gasteiger partial charge in [0.2, 0.25) is 5.91 Å². The number of carbonyl (C=O) groups is 3. The number of carboxylic acid groups (broad SMARTS) is 1. The third-order valence-electron chi connectivity index (χ3n) is 7.02. The molecule has 0 fully saturated rings. The Morgan fingerprint density at radius 2 is 1.57 bits per heavy atom. The van der Waals surface area contributed by atoms with Gasteiger partial charge in [-0.05, 0) is 65.8 Å². The van der Waals surface area contributed by atoms with E-state index in [1.54, 1.807) is 18.2 Å². The van der Waals surface area contributed by atoms with E-state index in [-0.39, 0.29) is 30.4 Å². The smallest absolute Gasteiger partial charge is 0.303 e. The zero-order chi connectivity index (χ0) is 30.6. The van der Waals surface area contributed by atoms with Gasteiger partial charge in [0, 0.05) is 30.4 Å². The Morgan fingerprint density at radius 3 is 2.19 bits per heavy atom. The first-order valence-corrected chi connectivity index (χ1v) is 14.1. The molecular weight excluding hydrogens is 530 g/mol. The topological polar surface area (TPSA) is 102 Å². The summed E-state index contributed by atoms with van der Waals surface area (Å²) in [6, 6.07) is 20.7. The highest BCUT2D eigenvalue weighted by Crippen LogP contribution is 2.34. The van der Waals surface area contributed by atoms with Crippen molar-refractivity contribution in [2.24, 2.45) is 11.8 Å². The van der Waals surface area contributed by atoms with Gasteiger partial charge in [-0.3, -0.25) is 14.4 Å². The van der Waals surface area contributed by atoms with Gasteiger partial charge in [0.1, 0.15) is 5.78 Å². The third kappa shape index (κ3) is 9.61. The monoisotopic (exact) mass is 570 g/mol. The zero-order valence-corrected chi connectivity index (χ0v) is 24.9. The van der Waals surface area contributed by atoms with Gasteiger partial charge in [0.05, 0.1) is 20.6 Å². The number of hydrogen-bond donors (Lipinski definition) is 2. The van der Waals surface area contributed by atoms with Crippen molar-refractivity contribution in [3.05, 3.63) is 95.4 Å². The van der Waals surface area contributed by atoms with E-state index in [0.717, 1.165) is 11.1 Å². The molecule has 0 bridgehead atoms. The molecule has 1 radical (unpaired) electrons. The van der Waals surface area contributed by atoms with E-state index in [1.807, 2.05) is 56.3 Å². The maximum atomic E-state index is 13.5. The second-order valence-corrected chi connectivity index (χ2v) is 10.8. The molecule has 221 valence electrons. The summed E-state index contributed by atoms with van der Waals surface area (Å²) in [4.78, 5) is 38.2. The molecule has 2 atom stereocenters. The minimum Gasteiger partial charge on any atom is -0.493 e. The lowest BCUT2D eigenvalue weighted by Crippen LogP contribution is -2.26. The molecule has 0 aromatic heterocycles. The number of Topliss-reactive ketones (excluding diaryl/α,β-unsaturated/α-hetero) is 1. The molecule has 0 spiro atoms. The van der Waals surface area contributed by atoms with E-state index in [2.05, 4.69) is 30.4 Å². The lowest BCUT2D eigenvalue weighted by molar-refractivity contribution is -0.137. The molecule has 1 unspecified atom stereocenters. The Labute approximate surface area is 248 Å². The van der Waals surface area contributed by atoms with E-state index in [1.165, 1.54) is 26.2 Å². The van der Waals surface area contributed by atoms with Crippen LogP contribution in [0.5, 0.6) is 11.5 Å². The highest BCUT2D eigenvalue weighted by molar-refractivity contribution is 5.97. The molecule has 0 saturated carbocycles. The van der Waals surface area contributed by atoms with Gasteiger partial charge in [-0.15, -0.1) is 0 Å². The van der Waals surface area contributed by atoms with Crippen LogP contribution in [0.25, 0.3) is 12.2 Å². The Kier molecular flexibility index (Phi) is 11.9. The van der Waals surface area contributed by atoms with Gasteiger partial charge < -0.3 is 19.9 Å². The minimum atomic E-state index is -1.03. The summed E-state index contributed by atoms with van der Waals surface area (Å²) < 4.78 is 10.6. The molecule has 0 aliphatic rings. The number of aliphatic carboxylic acids is 1. The molecule has 0 aliphatic heterocycles. The van der Waals surface area contributed by atoms with Crippen LogP contribution in [0.3, 0.4) is 0 Å². The average molecular weight is 571 g/mol. The lowest BCUT2D eigenvalue weighted by Gasteiger charge is -2.21. The van der Waals surface area contributed by atoms with E-state index in [0.29, 0.717) is 29.2 Å². The van der Waals surface area contributed by atoms with E-state index < -0.39 is 17.8 Å². The molecule has 3 aromatic carbocycles. The highest BCUT2D eigenvalue weighted by Gasteiger charge is 2.28. The summed E-state index contributed by atoms with van der Waals surface area (Å²) in [6.07, 6.45) is 5.73. The van der Waals surface area contributed by atoms with E-state index in [9.17, 15) is 19.5 Å². The highest BCUT2D eigenvalue weighted by atomic mass is 16.5. The number of benzene rings is 3. The van der Waals surface area contributed by atoms with Crippen LogP contribution in [0.2, 0.25) is 0 Å². The van der Waals surface area contributed by atoms with Crippen molar-refractivity contribution in [3.63, 3.8) is 0 Å². The van der Waals surface area contributed by atoms with Gasteiger partial charge in [0.15, 0.2) is 11.5 Å². The summed E-state index contributed by atoms with van der Waals surface area (Å²) in [5, 5.41) is 12.4. The number of amides is 1. The molecular formula is C35H40NO6. The number of nitrogens with one attached hydrogen (secondary N) is 1. The van der Waals surface area contributed by atoms with Crippen molar-refractivity contribution in [2.75, 3.05) is 19.5 Å². The second kappa shape index (κ2) is 15.6. The van der Waals surface area contributed by atoms with Crippen LogP contribution in [0, 0.1) is 25.2 Å². The molecule has 1 amide bonds. The summed E-state index contributed by atoms with van der Waals surface area (Å²) in [7, 11) is 3.01. The van der Waals surface area contributed by atoms with Gasteiger partial charge in [0.25, 0.3) is 0 Å². The summed E-state index contributed by atoms with van der Waals surface area (Å²) in [6.45, 7) is 6.05. The Hall–Kier alpha value is -4.39. The second-order valence-electron chi connectivity index (χ2n) is 10.8. The molecule has 0 aliphatic carbocycles. The number of ketones is 1. The van der Waals surface area contributed by atoms with Crippen molar-refractivity contribution in [1.29, 1.82) is 0 Å². The standard InChI is InChI=1S/C35H40NO6/c1-23(2)18-29(31(37)19-28(22-35(39)40)27-14-17-32(41-4)33(20-27)42-5)21-34(38)36-30-15-11-25(12-16-30)10-13-26-9-7-6-8-24(26)3/h6-17,19-20,23,28-29H,18,21-22H2,1-5H3,(H,36,38)(H,39,40)/b13-10+/t28-,29?/m0/s1. The minimum absolute atomic E-state index is 0.00578. The van der Waals surface area contributed by atoms with Gasteiger partial charge in [-0.25, -0.2) is 0 Å². The first-order valence-electron chi connectivity index (χ1n) is 14.1. The molecule has 7 nitrogen and oxygen atoms in total. The van der Waals surface area contributed by atoms with Crippen LogP contribution in [-0.2, 0) is 14.4 Å². The number of carboxylic acids is 1. The van der Waals surface area contributed by atoms with Crippen LogP contribution >= 0.6 is 0 Å². The normalized spacial score (nSPS) is 12.6. The van der Waals surface area contributed by atoms with Crippen LogP contribution < -0.4 is 14.8 Å². The molecule has 2 N–H and O–H groups in total. The third-order valence-corrected chi connectivity index (χ3v) is 7.02. The maximum absolute atomic E-state index is 13.5. The number of anilines is 1. The molecule has 42 heavy (non-hydrogen) atoms. The van der Waals surface area contributed by atoms with Crippen LogP contribution in [0.4, 0.5) is 5.69 Å². The number of carbonyl (C=O) groups excluding carboxylic acids is 2. The largest absolute Gasteiger partial charge is 0.493 e. The summed E-state index contributed by atoms with van der Waals surface area (Å²) >= 11 is 0.